The molecular weight excluding hydrogens is 486 g/mol. The maximum atomic E-state index is 13.0. The Balaban J connectivity index is 1.27. The minimum Gasteiger partial charge on any atom is -0.347 e. The highest BCUT2D eigenvalue weighted by molar-refractivity contribution is 7.80. The normalized spacial score (nSPS) is 27.6. The fourth-order valence-electron chi connectivity index (χ4n) is 6.90. The summed E-state index contributed by atoms with van der Waals surface area (Å²) in [5.74, 6) is 2.25. The summed E-state index contributed by atoms with van der Waals surface area (Å²) in [6.45, 7) is 5.80. The molecule has 34 heavy (non-hydrogen) atoms. The van der Waals surface area contributed by atoms with Crippen LogP contribution in [0, 0.1) is 23.2 Å². The number of nitrogens with one attached hydrogen (secondary N) is 3. The van der Waals surface area contributed by atoms with Crippen LogP contribution in [0.3, 0.4) is 0 Å². The topological polar surface area (TPSA) is 70.2 Å². The van der Waals surface area contributed by atoms with E-state index in [1.165, 1.54) is 49.9 Å². The van der Waals surface area contributed by atoms with E-state index < -0.39 is 0 Å². The maximum absolute atomic E-state index is 13.0. The molecule has 0 radical (unpaired) electrons. The second kappa shape index (κ2) is 8.75. The molecule has 182 valence electrons. The largest absolute Gasteiger partial charge is 0.347 e. The number of thiocarbonyl (C=S) groups is 1. The number of halogens is 1. The average Bonchev–Trinajstić information content (AvgIpc) is 3.03. The van der Waals surface area contributed by atoms with Crippen molar-refractivity contribution >= 4 is 67.9 Å². The van der Waals surface area contributed by atoms with Gasteiger partial charge in [0.05, 0.1) is 15.4 Å². The number of rotatable bonds is 4. The summed E-state index contributed by atoms with van der Waals surface area (Å²) in [7, 11) is 0. The summed E-state index contributed by atoms with van der Waals surface area (Å²) in [5, 5.41) is 10.6. The Morgan fingerprint density at radius 2 is 1.74 bits per heavy atom. The molecule has 1 heterocycles. The van der Waals surface area contributed by atoms with Gasteiger partial charge in [0.15, 0.2) is 5.11 Å². The van der Waals surface area contributed by atoms with E-state index in [0.29, 0.717) is 16.3 Å². The first-order valence-corrected chi connectivity index (χ1v) is 13.7. The van der Waals surface area contributed by atoms with Crippen LogP contribution in [-0.2, 0) is 4.79 Å². The lowest BCUT2D eigenvalue weighted by molar-refractivity contribution is -0.127. The van der Waals surface area contributed by atoms with Gasteiger partial charge in [-0.05, 0) is 101 Å². The van der Waals surface area contributed by atoms with Crippen molar-refractivity contribution in [2.24, 2.45) is 23.2 Å². The molecule has 2 aromatic rings. The van der Waals surface area contributed by atoms with E-state index in [9.17, 15) is 9.59 Å². The van der Waals surface area contributed by atoms with Crippen molar-refractivity contribution < 1.29 is 9.59 Å². The Hall–Kier alpha value is -1.70. The molecule has 4 aliphatic rings. The van der Waals surface area contributed by atoms with Crippen LogP contribution >= 0.6 is 35.2 Å². The predicted molar refractivity (Wildman–Crippen MR) is 144 cm³/mol. The number of amides is 2. The molecule has 0 atom stereocenters. The highest BCUT2D eigenvalue weighted by atomic mass is 35.5. The standard InChI is InChI=1S/C26H32ClN3O2S2/c1-25(2,3)30-23(32)22-20(27)17-5-4-6-18(21(17)34-22)28-24(33)29-19(31)13-26-10-14-7-15(11-26)9-16(8-14)12-26/h4-6,14-16H,7-13H2,1-3H3,(H,30,32)(H2,28,29,31,33). The number of thiophene rings is 1. The van der Waals surface area contributed by atoms with Gasteiger partial charge >= 0.3 is 0 Å². The van der Waals surface area contributed by atoms with Crippen LogP contribution in [0.15, 0.2) is 18.2 Å². The summed E-state index contributed by atoms with van der Waals surface area (Å²) in [6, 6.07) is 5.65. The minimum absolute atomic E-state index is 0.00100. The number of carbonyl (C=O) groups excluding carboxylic acids is 2. The molecule has 0 saturated heterocycles. The number of benzene rings is 1. The summed E-state index contributed by atoms with van der Waals surface area (Å²) < 4.78 is 0.837. The van der Waals surface area contributed by atoms with Gasteiger partial charge in [-0.3, -0.25) is 9.59 Å². The summed E-state index contributed by atoms with van der Waals surface area (Å²) in [4.78, 5) is 26.2. The molecule has 4 bridgehead atoms. The van der Waals surface area contributed by atoms with Crippen molar-refractivity contribution in [3.05, 3.63) is 28.1 Å². The molecule has 4 aliphatic carbocycles. The van der Waals surface area contributed by atoms with Crippen molar-refractivity contribution in [1.82, 2.24) is 10.6 Å². The monoisotopic (exact) mass is 517 g/mol. The SMILES string of the molecule is CC(C)(C)NC(=O)c1sc2c(NC(=S)NC(=O)CC34CC5CC(CC(C5)C3)C4)cccc2c1Cl. The second-order valence-corrected chi connectivity index (χ2v) is 13.5. The number of fused-ring (bicyclic) bond motifs is 1. The van der Waals surface area contributed by atoms with Crippen molar-refractivity contribution in [1.29, 1.82) is 0 Å². The summed E-state index contributed by atoms with van der Waals surface area (Å²) >= 11 is 13.4. The Morgan fingerprint density at radius 3 is 2.32 bits per heavy atom. The van der Waals surface area contributed by atoms with E-state index in [1.807, 2.05) is 39.0 Å². The van der Waals surface area contributed by atoms with E-state index >= 15 is 0 Å². The Morgan fingerprint density at radius 1 is 1.12 bits per heavy atom. The summed E-state index contributed by atoms with van der Waals surface area (Å²) in [5.41, 5.74) is 0.546. The van der Waals surface area contributed by atoms with Gasteiger partial charge in [-0.25, -0.2) is 0 Å². The van der Waals surface area contributed by atoms with Gasteiger partial charge in [0.2, 0.25) is 5.91 Å². The molecule has 4 fully saturated rings. The van der Waals surface area contributed by atoms with Gasteiger partial charge in [0.25, 0.3) is 5.91 Å². The molecule has 4 saturated carbocycles. The fraction of sp³-hybridized carbons (Fsp3) is 0.577. The first kappa shape index (κ1) is 24.0. The van der Waals surface area contributed by atoms with Gasteiger partial charge in [-0.1, -0.05) is 23.7 Å². The van der Waals surface area contributed by atoms with Crippen LogP contribution in [-0.4, -0.2) is 22.5 Å². The number of anilines is 1. The molecule has 1 aromatic heterocycles. The first-order valence-electron chi connectivity index (χ1n) is 12.1. The zero-order valence-electron chi connectivity index (χ0n) is 19.9. The molecule has 0 aliphatic heterocycles. The van der Waals surface area contributed by atoms with E-state index in [0.717, 1.165) is 33.5 Å². The van der Waals surface area contributed by atoms with Crippen molar-refractivity contribution in [2.75, 3.05) is 5.32 Å². The van der Waals surface area contributed by atoms with Crippen LogP contribution in [0.2, 0.25) is 5.02 Å². The zero-order valence-corrected chi connectivity index (χ0v) is 22.3. The van der Waals surface area contributed by atoms with Crippen molar-refractivity contribution in [3.8, 4) is 0 Å². The average molecular weight is 518 g/mol. The highest BCUT2D eigenvalue weighted by Gasteiger charge is 2.51. The van der Waals surface area contributed by atoms with Crippen LogP contribution in [0.1, 0.15) is 75.4 Å². The van der Waals surface area contributed by atoms with Crippen molar-refractivity contribution in [3.63, 3.8) is 0 Å². The van der Waals surface area contributed by atoms with Gasteiger partial charge in [0, 0.05) is 17.3 Å². The number of hydrogen-bond donors (Lipinski definition) is 3. The lowest BCUT2D eigenvalue weighted by Gasteiger charge is -2.56. The molecule has 0 spiro atoms. The predicted octanol–water partition coefficient (Wildman–Crippen LogP) is 6.50. The first-order chi connectivity index (χ1) is 16.0. The third-order valence-electron chi connectivity index (χ3n) is 7.55. The zero-order chi connectivity index (χ0) is 24.3. The lowest BCUT2D eigenvalue weighted by atomic mass is 9.49. The van der Waals surface area contributed by atoms with E-state index in [-0.39, 0.29) is 27.9 Å². The molecule has 2 amide bonds. The van der Waals surface area contributed by atoms with Crippen LogP contribution in [0.25, 0.3) is 10.1 Å². The van der Waals surface area contributed by atoms with E-state index in [4.69, 9.17) is 23.8 Å². The third kappa shape index (κ3) is 4.84. The van der Waals surface area contributed by atoms with Crippen LogP contribution in [0.5, 0.6) is 0 Å². The molecule has 1 aromatic carbocycles. The molecular formula is C26H32ClN3O2S2. The Labute approximate surface area is 215 Å². The summed E-state index contributed by atoms with van der Waals surface area (Å²) in [6.07, 6.45) is 8.24. The molecule has 8 heteroatoms. The number of carbonyl (C=O) groups is 2. The number of hydrogen-bond acceptors (Lipinski definition) is 4. The van der Waals surface area contributed by atoms with Gasteiger partial charge in [-0.2, -0.15) is 0 Å². The fourth-order valence-corrected chi connectivity index (χ4v) is 8.60. The van der Waals surface area contributed by atoms with E-state index in [1.54, 1.807) is 0 Å². The van der Waals surface area contributed by atoms with Gasteiger partial charge in [-0.15, -0.1) is 11.3 Å². The Kier molecular flexibility index (Phi) is 6.18. The van der Waals surface area contributed by atoms with Gasteiger partial charge in [0.1, 0.15) is 4.88 Å². The van der Waals surface area contributed by atoms with Crippen LogP contribution < -0.4 is 16.0 Å². The van der Waals surface area contributed by atoms with Crippen LogP contribution in [0.4, 0.5) is 5.69 Å². The van der Waals surface area contributed by atoms with Gasteiger partial charge < -0.3 is 16.0 Å². The molecule has 5 nitrogen and oxygen atoms in total. The maximum Gasteiger partial charge on any atom is 0.263 e. The second-order valence-electron chi connectivity index (χ2n) is 11.7. The molecule has 6 rings (SSSR count). The Bertz CT molecular complexity index is 1130. The highest BCUT2D eigenvalue weighted by Crippen LogP contribution is 2.61. The van der Waals surface area contributed by atoms with Crippen molar-refractivity contribution in [2.45, 2.75) is 71.3 Å². The molecule has 3 N–H and O–H groups in total. The molecule has 0 unspecified atom stereocenters. The minimum atomic E-state index is -0.361. The quantitative estimate of drug-likeness (QED) is 0.405. The smallest absolute Gasteiger partial charge is 0.263 e. The van der Waals surface area contributed by atoms with E-state index in [2.05, 4.69) is 16.0 Å². The third-order valence-corrected chi connectivity index (χ3v) is 9.50. The lowest BCUT2D eigenvalue weighted by Crippen LogP contribution is -2.48.